The van der Waals surface area contributed by atoms with Crippen molar-refractivity contribution in [2.24, 2.45) is 4.99 Å². The monoisotopic (exact) mass is 244 g/mol. The Bertz CT molecular complexity index is 520. The average Bonchev–Trinajstić information content (AvgIpc) is 3.08. The summed E-state index contributed by atoms with van der Waals surface area (Å²) < 4.78 is 0. The highest BCUT2D eigenvalue weighted by Crippen LogP contribution is 2.43. The number of aliphatic imine (C=N–C) groups is 1. The van der Waals surface area contributed by atoms with E-state index in [-0.39, 0.29) is 5.91 Å². The highest BCUT2D eigenvalue weighted by atomic mass is 16.1. The summed E-state index contributed by atoms with van der Waals surface area (Å²) in [6, 6.07) is 5.66. The lowest BCUT2D eigenvalue weighted by Crippen LogP contribution is -2.38. The molecular weight excluding hydrogens is 228 g/mol. The number of hydrogen-bond donors (Lipinski definition) is 3. The van der Waals surface area contributed by atoms with E-state index < -0.39 is 0 Å². The lowest BCUT2D eigenvalue weighted by atomic mass is 10.0. The number of carbonyl (C=O) groups excluding carboxylic acids is 1. The minimum Gasteiger partial charge on any atom is -0.398 e. The van der Waals surface area contributed by atoms with Crippen LogP contribution in [0, 0.1) is 0 Å². The molecule has 1 saturated carbocycles. The fourth-order valence-corrected chi connectivity index (χ4v) is 2.19. The van der Waals surface area contributed by atoms with E-state index in [2.05, 4.69) is 15.6 Å². The summed E-state index contributed by atoms with van der Waals surface area (Å²) in [4.78, 5) is 16.2. The number of carbonyl (C=O) groups is 1. The van der Waals surface area contributed by atoms with Crippen molar-refractivity contribution in [3.63, 3.8) is 0 Å². The van der Waals surface area contributed by atoms with Crippen LogP contribution in [0.1, 0.15) is 34.7 Å². The van der Waals surface area contributed by atoms with Gasteiger partial charge in [0.1, 0.15) is 0 Å². The molecule has 5 heteroatoms. The van der Waals surface area contributed by atoms with E-state index in [4.69, 9.17) is 5.73 Å². The minimum atomic E-state index is -0.192. The molecule has 3 rings (SSSR count). The van der Waals surface area contributed by atoms with Crippen molar-refractivity contribution in [2.75, 3.05) is 18.8 Å². The third-order valence-corrected chi connectivity index (χ3v) is 3.31. The van der Waals surface area contributed by atoms with Crippen LogP contribution in [-0.4, -0.2) is 25.0 Å². The fraction of sp³-hybridized carbons (Fsp3) is 0.385. The first-order chi connectivity index (χ1) is 8.75. The maximum Gasteiger partial charge on any atom is 0.260 e. The van der Waals surface area contributed by atoms with Gasteiger partial charge in [0.25, 0.3) is 5.91 Å². The van der Waals surface area contributed by atoms with Crippen molar-refractivity contribution in [3.8, 4) is 0 Å². The van der Waals surface area contributed by atoms with E-state index in [0.717, 1.165) is 12.1 Å². The number of benzene rings is 1. The van der Waals surface area contributed by atoms with Crippen LogP contribution in [0.2, 0.25) is 0 Å². The van der Waals surface area contributed by atoms with E-state index >= 15 is 0 Å². The molecule has 1 aliphatic carbocycles. The first kappa shape index (κ1) is 11.1. The fourth-order valence-electron chi connectivity index (χ4n) is 2.19. The normalized spacial score (nSPS) is 18.1. The van der Waals surface area contributed by atoms with Crippen molar-refractivity contribution < 1.29 is 4.79 Å². The second kappa shape index (κ2) is 4.33. The molecule has 0 spiro atoms. The molecule has 4 N–H and O–H groups in total. The molecule has 1 aromatic carbocycles. The Hall–Kier alpha value is -2.04. The van der Waals surface area contributed by atoms with Gasteiger partial charge in [-0.2, -0.15) is 0 Å². The van der Waals surface area contributed by atoms with Gasteiger partial charge in [-0.05, 0) is 30.4 Å². The second-order valence-corrected chi connectivity index (χ2v) is 4.69. The number of nitrogens with one attached hydrogen (secondary N) is 2. The first-order valence-corrected chi connectivity index (χ1v) is 6.24. The van der Waals surface area contributed by atoms with Gasteiger partial charge in [0, 0.05) is 12.2 Å². The van der Waals surface area contributed by atoms with E-state index in [1.807, 2.05) is 12.1 Å². The number of nitrogen functional groups attached to an aromatic ring is 1. The predicted molar refractivity (Wildman–Crippen MR) is 70.6 cm³/mol. The molecule has 2 aliphatic rings. The van der Waals surface area contributed by atoms with Crippen LogP contribution in [0.5, 0.6) is 0 Å². The summed E-state index contributed by atoms with van der Waals surface area (Å²) in [5.74, 6) is 0.888. The zero-order valence-electron chi connectivity index (χ0n) is 10.1. The van der Waals surface area contributed by atoms with Gasteiger partial charge in [0.15, 0.2) is 5.96 Å². The number of rotatable bonds is 2. The lowest BCUT2D eigenvalue weighted by Gasteiger charge is -2.10. The lowest BCUT2D eigenvalue weighted by molar-refractivity contribution is 0.0977. The van der Waals surface area contributed by atoms with E-state index in [9.17, 15) is 4.79 Å². The van der Waals surface area contributed by atoms with Crippen molar-refractivity contribution in [3.05, 3.63) is 29.3 Å². The van der Waals surface area contributed by atoms with Gasteiger partial charge < -0.3 is 11.1 Å². The number of hydrogen-bond acceptors (Lipinski definition) is 4. The van der Waals surface area contributed by atoms with Gasteiger partial charge in [-0.3, -0.25) is 15.1 Å². The largest absolute Gasteiger partial charge is 0.398 e. The van der Waals surface area contributed by atoms with Crippen molar-refractivity contribution in [2.45, 2.75) is 18.8 Å². The summed E-state index contributed by atoms with van der Waals surface area (Å²) in [5, 5.41) is 5.75. The van der Waals surface area contributed by atoms with Gasteiger partial charge in [-0.25, -0.2) is 0 Å². The summed E-state index contributed by atoms with van der Waals surface area (Å²) in [7, 11) is 0. The van der Waals surface area contributed by atoms with Gasteiger partial charge in [0.05, 0.1) is 12.1 Å². The van der Waals surface area contributed by atoms with Crippen molar-refractivity contribution >= 4 is 17.6 Å². The smallest absolute Gasteiger partial charge is 0.260 e. The third-order valence-electron chi connectivity index (χ3n) is 3.31. The Morgan fingerprint density at radius 1 is 1.44 bits per heavy atom. The molecule has 0 unspecified atom stereocenters. The Labute approximate surface area is 105 Å². The van der Waals surface area contributed by atoms with Crippen molar-refractivity contribution in [1.82, 2.24) is 10.6 Å². The topological polar surface area (TPSA) is 79.5 Å². The van der Waals surface area contributed by atoms with Crippen LogP contribution in [0.3, 0.4) is 0 Å². The molecule has 94 valence electrons. The Morgan fingerprint density at radius 3 is 2.94 bits per heavy atom. The number of amides is 1. The van der Waals surface area contributed by atoms with Gasteiger partial charge >= 0.3 is 0 Å². The molecule has 1 aromatic rings. The van der Waals surface area contributed by atoms with Crippen LogP contribution in [-0.2, 0) is 0 Å². The second-order valence-electron chi connectivity index (χ2n) is 4.69. The van der Waals surface area contributed by atoms with Crippen LogP contribution in [0.4, 0.5) is 5.69 Å². The highest BCUT2D eigenvalue weighted by Gasteiger charge is 2.27. The number of guanidine groups is 1. The summed E-state index contributed by atoms with van der Waals surface area (Å²) in [6.07, 6.45) is 2.34. The van der Waals surface area contributed by atoms with E-state index in [1.54, 1.807) is 6.07 Å². The maximum atomic E-state index is 12.1. The quantitative estimate of drug-likeness (QED) is 0.674. The van der Waals surface area contributed by atoms with E-state index in [1.165, 1.54) is 12.8 Å². The molecule has 0 aromatic heterocycles. The summed E-state index contributed by atoms with van der Waals surface area (Å²) >= 11 is 0. The molecule has 1 fully saturated rings. The third kappa shape index (κ3) is 2.03. The molecule has 0 saturated heterocycles. The van der Waals surface area contributed by atoms with Crippen molar-refractivity contribution in [1.29, 1.82) is 0 Å². The first-order valence-electron chi connectivity index (χ1n) is 6.24. The maximum absolute atomic E-state index is 12.1. The molecule has 0 radical (unpaired) electrons. The van der Waals surface area contributed by atoms with Crippen LogP contribution >= 0.6 is 0 Å². The molecule has 1 heterocycles. The van der Waals surface area contributed by atoms with Crippen LogP contribution < -0.4 is 16.4 Å². The van der Waals surface area contributed by atoms with Crippen LogP contribution in [0.25, 0.3) is 0 Å². The Balaban J connectivity index is 1.82. The minimum absolute atomic E-state index is 0.192. The van der Waals surface area contributed by atoms with Gasteiger partial charge in [-0.15, -0.1) is 0 Å². The zero-order valence-corrected chi connectivity index (χ0v) is 10.1. The van der Waals surface area contributed by atoms with Gasteiger partial charge in [-0.1, -0.05) is 12.1 Å². The predicted octanol–water partition coefficient (Wildman–Crippen LogP) is 0.835. The highest BCUT2D eigenvalue weighted by molar-refractivity contribution is 6.09. The zero-order chi connectivity index (χ0) is 12.5. The molecule has 18 heavy (non-hydrogen) atoms. The molecular formula is C13H16N4O. The molecule has 1 amide bonds. The van der Waals surface area contributed by atoms with Crippen LogP contribution in [0.15, 0.2) is 23.2 Å². The van der Waals surface area contributed by atoms with E-state index in [0.29, 0.717) is 29.7 Å². The summed E-state index contributed by atoms with van der Waals surface area (Å²) in [5.41, 5.74) is 8.32. The SMILES string of the molecule is Nc1c(C(=O)NC2=NCCN2)cccc1C1CC1. The molecule has 0 bridgehead atoms. The molecule has 1 aliphatic heterocycles. The van der Waals surface area contributed by atoms with Gasteiger partial charge in [0.2, 0.25) is 0 Å². The number of nitrogens with zero attached hydrogens (tertiary/aromatic N) is 1. The number of nitrogens with two attached hydrogens (primary N) is 1. The summed E-state index contributed by atoms with van der Waals surface area (Å²) in [6.45, 7) is 1.47. The average molecular weight is 244 g/mol. The standard InChI is InChI=1S/C13H16N4O/c14-11-9(8-4-5-8)2-1-3-10(11)12(18)17-13-15-6-7-16-13/h1-3,8H,4-7,14H2,(H2,15,16,17,18). The Morgan fingerprint density at radius 2 is 2.28 bits per heavy atom. The molecule has 5 nitrogen and oxygen atoms in total. The Kier molecular flexibility index (Phi) is 2.66. The number of para-hydroxylation sites is 1. The molecule has 0 atom stereocenters. The number of anilines is 1.